The van der Waals surface area contributed by atoms with Crippen LogP contribution in [-0.4, -0.2) is 47.6 Å². The van der Waals surface area contributed by atoms with Gasteiger partial charge in [0.25, 0.3) is 0 Å². The van der Waals surface area contributed by atoms with E-state index in [9.17, 15) is 9.59 Å². The van der Waals surface area contributed by atoms with Crippen LogP contribution in [0.25, 0.3) is 0 Å². The van der Waals surface area contributed by atoms with Gasteiger partial charge in [-0.1, -0.05) is 0 Å². The number of carbonyl (C=O) groups excluding carboxylic acids is 2. The molecule has 1 aliphatic carbocycles. The van der Waals surface area contributed by atoms with Crippen molar-refractivity contribution in [1.82, 2.24) is 10.2 Å². The lowest BCUT2D eigenvalue weighted by molar-refractivity contribution is -0.136. The monoisotopic (exact) mass is 254 g/mol. The maximum absolute atomic E-state index is 11.9. The predicted molar refractivity (Wildman–Crippen MR) is 66.7 cm³/mol. The van der Waals surface area contributed by atoms with Crippen LogP contribution in [0.4, 0.5) is 0 Å². The number of hydrogen-bond acceptors (Lipinski definition) is 3. The molecule has 0 aromatic carbocycles. The minimum Gasteiger partial charge on any atom is -0.394 e. The Labute approximate surface area is 108 Å². The smallest absolute Gasteiger partial charge is 0.225 e. The lowest BCUT2D eigenvalue weighted by atomic mass is 9.95. The predicted octanol–water partition coefficient (Wildman–Crippen LogP) is 0.132. The van der Waals surface area contributed by atoms with Crippen LogP contribution in [0.15, 0.2) is 0 Å². The van der Waals surface area contributed by atoms with Crippen LogP contribution >= 0.6 is 0 Å². The van der Waals surface area contributed by atoms with E-state index in [-0.39, 0.29) is 36.3 Å². The molecule has 1 atom stereocenters. The molecule has 2 aliphatic rings. The molecule has 1 saturated heterocycles. The van der Waals surface area contributed by atoms with E-state index in [0.717, 1.165) is 25.7 Å². The molecule has 2 N–H and O–H groups in total. The summed E-state index contributed by atoms with van der Waals surface area (Å²) >= 11 is 0. The molecule has 0 radical (unpaired) electrons. The average Bonchev–Trinajstić information content (AvgIpc) is 3.22. The number of aliphatic hydroxyl groups is 1. The zero-order chi connectivity index (χ0) is 13.1. The van der Waals surface area contributed by atoms with Crippen molar-refractivity contribution in [2.75, 3.05) is 19.7 Å². The summed E-state index contributed by atoms with van der Waals surface area (Å²) in [6, 6.07) is -0.191. The second-order valence-corrected chi connectivity index (χ2v) is 5.47. The first kappa shape index (κ1) is 13.3. The Hall–Kier alpha value is -1.10. The summed E-state index contributed by atoms with van der Waals surface area (Å²) in [4.78, 5) is 25.6. The number of nitrogens with one attached hydrogen (secondary N) is 1. The van der Waals surface area contributed by atoms with Crippen LogP contribution in [-0.2, 0) is 9.59 Å². The van der Waals surface area contributed by atoms with Gasteiger partial charge in [-0.25, -0.2) is 0 Å². The van der Waals surface area contributed by atoms with Crippen LogP contribution in [0.3, 0.4) is 0 Å². The van der Waals surface area contributed by atoms with Gasteiger partial charge in [0, 0.05) is 31.0 Å². The number of aliphatic hydroxyl groups excluding tert-OH is 1. The third-order valence-electron chi connectivity index (χ3n) is 3.77. The minimum absolute atomic E-state index is 0.00932. The second-order valence-electron chi connectivity index (χ2n) is 5.47. The molecule has 1 saturated carbocycles. The molecule has 5 nitrogen and oxygen atoms in total. The molecular weight excluding hydrogens is 232 g/mol. The third-order valence-corrected chi connectivity index (χ3v) is 3.77. The zero-order valence-corrected chi connectivity index (χ0v) is 10.9. The molecule has 2 amide bonds. The Morgan fingerprint density at radius 2 is 1.83 bits per heavy atom. The van der Waals surface area contributed by atoms with Crippen LogP contribution in [0.2, 0.25) is 0 Å². The van der Waals surface area contributed by atoms with Crippen LogP contribution < -0.4 is 5.32 Å². The van der Waals surface area contributed by atoms with E-state index < -0.39 is 0 Å². The van der Waals surface area contributed by atoms with Gasteiger partial charge in [-0.2, -0.15) is 0 Å². The minimum atomic E-state index is -0.191. The van der Waals surface area contributed by atoms with E-state index in [2.05, 4.69) is 5.32 Å². The Bertz CT molecular complexity index is 320. The van der Waals surface area contributed by atoms with Crippen molar-refractivity contribution in [2.45, 2.75) is 38.6 Å². The molecule has 0 aromatic heterocycles. The first-order valence-electron chi connectivity index (χ1n) is 6.82. The van der Waals surface area contributed by atoms with Gasteiger partial charge in [-0.05, 0) is 32.6 Å². The SMILES string of the molecule is C[C@@H](CO)NC(=O)C1CCN(C(=O)C2CC2)CC1. The van der Waals surface area contributed by atoms with Crippen molar-refractivity contribution in [3.05, 3.63) is 0 Å². The van der Waals surface area contributed by atoms with Gasteiger partial charge in [0.05, 0.1) is 6.61 Å². The maximum atomic E-state index is 11.9. The average molecular weight is 254 g/mol. The van der Waals surface area contributed by atoms with Crippen molar-refractivity contribution >= 4 is 11.8 Å². The molecular formula is C13H22N2O3. The van der Waals surface area contributed by atoms with Crippen molar-refractivity contribution < 1.29 is 14.7 Å². The fourth-order valence-corrected chi connectivity index (χ4v) is 2.36. The normalized spacial score (nSPS) is 22.7. The van der Waals surface area contributed by atoms with Crippen molar-refractivity contribution in [2.24, 2.45) is 11.8 Å². The van der Waals surface area contributed by atoms with Crippen molar-refractivity contribution in [1.29, 1.82) is 0 Å². The number of piperidine rings is 1. The lowest BCUT2D eigenvalue weighted by Crippen LogP contribution is -2.45. The molecule has 0 unspecified atom stereocenters. The van der Waals surface area contributed by atoms with Gasteiger partial charge in [0.15, 0.2) is 0 Å². The molecule has 0 bridgehead atoms. The van der Waals surface area contributed by atoms with Crippen LogP contribution in [0.5, 0.6) is 0 Å². The van der Waals surface area contributed by atoms with E-state index in [1.165, 1.54) is 0 Å². The number of nitrogens with zero attached hydrogens (tertiary/aromatic N) is 1. The highest BCUT2D eigenvalue weighted by Gasteiger charge is 2.35. The number of rotatable bonds is 4. The summed E-state index contributed by atoms with van der Waals surface area (Å²) in [6.45, 7) is 3.14. The van der Waals surface area contributed by atoms with Gasteiger partial charge in [0.2, 0.25) is 11.8 Å². The third kappa shape index (κ3) is 3.22. The summed E-state index contributed by atoms with van der Waals surface area (Å²) in [5, 5.41) is 11.7. The first-order valence-corrected chi connectivity index (χ1v) is 6.82. The molecule has 2 rings (SSSR count). The lowest BCUT2D eigenvalue weighted by Gasteiger charge is -2.32. The Morgan fingerprint density at radius 1 is 1.22 bits per heavy atom. The van der Waals surface area contributed by atoms with Crippen molar-refractivity contribution in [3.8, 4) is 0 Å². The Morgan fingerprint density at radius 3 is 2.33 bits per heavy atom. The molecule has 2 fully saturated rings. The molecule has 5 heteroatoms. The fourth-order valence-electron chi connectivity index (χ4n) is 2.36. The Balaban J connectivity index is 1.75. The molecule has 18 heavy (non-hydrogen) atoms. The standard InChI is InChI=1S/C13H22N2O3/c1-9(8-16)14-12(17)10-4-6-15(7-5-10)13(18)11-2-3-11/h9-11,16H,2-8H2,1H3,(H,14,17)/t9-/m0/s1. The summed E-state index contributed by atoms with van der Waals surface area (Å²) in [7, 11) is 0. The molecule has 0 aromatic rings. The first-order chi connectivity index (χ1) is 8.61. The second kappa shape index (κ2) is 5.69. The summed E-state index contributed by atoms with van der Waals surface area (Å²) in [5.74, 6) is 0.541. The van der Waals surface area contributed by atoms with Gasteiger partial charge in [-0.15, -0.1) is 0 Å². The fraction of sp³-hybridized carbons (Fsp3) is 0.846. The largest absolute Gasteiger partial charge is 0.394 e. The van der Waals surface area contributed by atoms with E-state index in [1.54, 1.807) is 6.92 Å². The summed E-state index contributed by atoms with van der Waals surface area (Å²) in [5.41, 5.74) is 0. The van der Waals surface area contributed by atoms with E-state index >= 15 is 0 Å². The highest BCUT2D eigenvalue weighted by molar-refractivity contribution is 5.82. The molecule has 0 spiro atoms. The van der Waals surface area contributed by atoms with E-state index in [4.69, 9.17) is 5.11 Å². The molecule has 1 aliphatic heterocycles. The number of likely N-dealkylation sites (tertiary alicyclic amines) is 1. The zero-order valence-electron chi connectivity index (χ0n) is 10.9. The maximum Gasteiger partial charge on any atom is 0.225 e. The Kier molecular flexibility index (Phi) is 4.22. The van der Waals surface area contributed by atoms with Gasteiger partial charge < -0.3 is 15.3 Å². The molecule has 1 heterocycles. The number of hydrogen-bond donors (Lipinski definition) is 2. The number of amides is 2. The van der Waals surface area contributed by atoms with Crippen molar-refractivity contribution in [3.63, 3.8) is 0 Å². The summed E-state index contributed by atoms with van der Waals surface area (Å²) < 4.78 is 0. The topological polar surface area (TPSA) is 69.6 Å². The van der Waals surface area contributed by atoms with E-state index in [1.807, 2.05) is 4.90 Å². The molecule has 102 valence electrons. The number of carbonyl (C=O) groups is 2. The van der Waals surface area contributed by atoms with Gasteiger partial charge in [0.1, 0.15) is 0 Å². The highest BCUT2D eigenvalue weighted by Crippen LogP contribution is 2.32. The van der Waals surface area contributed by atoms with Crippen LogP contribution in [0.1, 0.15) is 32.6 Å². The van der Waals surface area contributed by atoms with Gasteiger partial charge in [-0.3, -0.25) is 9.59 Å². The van der Waals surface area contributed by atoms with Crippen LogP contribution in [0, 0.1) is 11.8 Å². The summed E-state index contributed by atoms with van der Waals surface area (Å²) in [6.07, 6.45) is 3.55. The quantitative estimate of drug-likeness (QED) is 0.749. The van der Waals surface area contributed by atoms with E-state index in [0.29, 0.717) is 13.1 Å². The van der Waals surface area contributed by atoms with Gasteiger partial charge >= 0.3 is 0 Å². The highest BCUT2D eigenvalue weighted by atomic mass is 16.3.